The number of carboxylic acids is 1. The van der Waals surface area contributed by atoms with Crippen molar-refractivity contribution >= 4 is 17.0 Å². The molecule has 1 N–H and O–H groups in total. The SMILES string of the molecule is CCC(C)(CC)n1c(C)nc2c(C(=O)O)cccc21. The van der Waals surface area contributed by atoms with E-state index in [-0.39, 0.29) is 11.1 Å². The van der Waals surface area contributed by atoms with Crippen molar-refractivity contribution in [3.8, 4) is 0 Å². The second-order valence-corrected chi connectivity index (χ2v) is 5.18. The monoisotopic (exact) mass is 260 g/mol. The van der Waals surface area contributed by atoms with Gasteiger partial charge in [-0.05, 0) is 38.8 Å². The van der Waals surface area contributed by atoms with Crippen LogP contribution in [0.5, 0.6) is 0 Å². The third-order valence-electron chi connectivity index (χ3n) is 4.15. The predicted molar refractivity (Wildman–Crippen MR) is 75.7 cm³/mol. The van der Waals surface area contributed by atoms with Gasteiger partial charge in [0.05, 0.1) is 11.1 Å². The molecule has 1 heterocycles. The van der Waals surface area contributed by atoms with Crippen LogP contribution in [0, 0.1) is 6.92 Å². The van der Waals surface area contributed by atoms with Gasteiger partial charge in [0.1, 0.15) is 11.3 Å². The van der Waals surface area contributed by atoms with Gasteiger partial charge in [0, 0.05) is 5.54 Å². The number of para-hydroxylation sites is 1. The molecule has 0 aliphatic rings. The second kappa shape index (κ2) is 4.68. The summed E-state index contributed by atoms with van der Waals surface area (Å²) in [5.74, 6) is -0.0557. The minimum atomic E-state index is -0.926. The maximum absolute atomic E-state index is 11.3. The minimum Gasteiger partial charge on any atom is -0.478 e. The topological polar surface area (TPSA) is 55.1 Å². The standard InChI is InChI=1S/C15H20N2O2/c1-5-15(4,6-2)17-10(3)16-13-11(14(18)19)8-7-9-12(13)17/h7-9H,5-6H2,1-4H3,(H,18,19). The van der Waals surface area contributed by atoms with Crippen LogP contribution in [-0.4, -0.2) is 20.6 Å². The first-order valence-electron chi connectivity index (χ1n) is 6.66. The fraction of sp³-hybridized carbons (Fsp3) is 0.467. The van der Waals surface area contributed by atoms with Gasteiger partial charge in [-0.25, -0.2) is 9.78 Å². The van der Waals surface area contributed by atoms with Gasteiger partial charge in [0.2, 0.25) is 0 Å². The smallest absolute Gasteiger partial charge is 0.337 e. The summed E-state index contributed by atoms with van der Waals surface area (Å²) >= 11 is 0. The number of rotatable bonds is 4. The molecule has 2 aromatic rings. The average Bonchev–Trinajstić information content (AvgIpc) is 2.73. The first-order valence-corrected chi connectivity index (χ1v) is 6.66. The molecule has 19 heavy (non-hydrogen) atoms. The maximum Gasteiger partial charge on any atom is 0.337 e. The fourth-order valence-electron chi connectivity index (χ4n) is 2.64. The number of hydrogen-bond donors (Lipinski definition) is 1. The Morgan fingerprint density at radius 3 is 2.53 bits per heavy atom. The summed E-state index contributed by atoms with van der Waals surface area (Å²) < 4.78 is 2.18. The van der Waals surface area contributed by atoms with Crippen LogP contribution < -0.4 is 0 Å². The summed E-state index contributed by atoms with van der Waals surface area (Å²) in [5, 5.41) is 9.25. The zero-order chi connectivity index (χ0) is 14.2. The van der Waals surface area contributed by atoms with Crippen molar-refractivity contribution in [2.75, 3.05) is 0 Å². The summed E-state index contributed by atoms with van der Waals surface area (Å²) in [7, 11) is 0. The Labute approximate surface area is 113 Å². The molecule has 4 nitrogen and oxygen atoms in total. The van der Waals surface area contributed by atoms with E-state index < -0.39 is 5.97 Å². The van der Waals surface area contributed by atoms with Crippen LogP contribution >= 0.6 is 0 Å². The van der Waals surface area contributed by atoms with Crippen molar-refractivity contribution in [2.24, 2.45) is 0 Å². The maximum atomic E-state index is 11.3. The first kappa shape index (κ1) is 13.6. The Morgan fingerprint density at radius 2 is 2.00 bits per heavy atom. The molecule has 0 aliphatic carbocycles. The van der Waals surface area contributed by atoms with E-state index in [0.29, 0.717) is 5.52 Å². The Bertz CT molecular complexity index is 624. The van der Waals surface area contributed by atoms with E-state index in [4.69, 9.17) is 0 Å². The fourth-order valence-corrected chi connectivity index (χ4v) is 2.64. The lowest BCUT2D eigenvalue weighted by molar-refractivity contribution is 0.0699. The van der Waals surface area contributed by atoms with Gasteiger partial charge in [0.25, 0.3) is 0 Å². The van der Waals surface area contributed by atoms with Crippen molar-refractivity contribution in [1.82, 2.24) is 9.55 Å². The second-order valence-electron chi connectivity index (χ2n) is 5.18. The van der Waals surface area contributed by atoms with E-state index >= 15 is 0 Å². The summed E-state index contributed by atoms with van der Waals surface area (Å²) in [5.41, 5.74) is 1.73. The van der Waals surface area contributed by atoms with Gasteiger partial charge < -0.3 is 9.67 Å². The number of nitrogens with zero attached hydrogens (tertiary/aromatic N) is 2. The molecule has 0 radical (unpaired) electrons. The lowest BCUT2D eigenvalue weighted by Crippen LogP contribution is -2.29. The van der Waals surface area contributed by atoms with E-state index in [9.17, 15) is 9.90 Å². The summed E-state index contributed by atoms with van der Waals surface area (Å²) in [6, 6.07) is 5.34. The normalized spacial score (nSPS) is 12.0. The number of aromatic carboxylic acids is 1. The molecule has 0 bridgehead atoms. The molecule has 0 atom stereocenters. The molecule has 4 heteroatoms. The number of aromatic nitrogens is 2. The van der Waals surface area contributed by atoms with Crippen LogP contribution in [0.2, 0.25) is 0 Å². The van der Waals surface area contributed by atoms with Crippen LogP contribution in [0.25, 0.3) is 11.0 Å². The number of aryl methyl sites for hydroxylation is 1. The summed E-state index contributed by atoms with van der Waals surface area (Å²) in [4.78, 5) is 15.8. The first-order chi connectivity index (χ1) is 8.94. The minimum absolute atomic E-state index is 0.0318. The van der Waals surface area contributed by atoms with E-state index in [0.717, 1.165) is 24.2 Å². The number of hydrogen-bond acceptors (Lipinski definition) is 2. The van der Waals surface area contributed by atoms with Gasteiger partial charge in [-0.15, -0.1) is 0 Å². The third kappa shape index (κ3) is 2.01. The van der Waals surface area contributed by atoms with Crippen molar-refractivity contribution < 1.29 is 9.90 Å². The molecule has 102 valence electrons. The highest BCUT2D eigenvalue weighted by molar-refractivity contribution is 6.01. The van der Waals surface area contributed by atoms with Crippen LogP contribution in [-0.2, 0) is 5.54 Å². The number of carboxylic acid groups (broad SMARTS) is 1. The van der Waals surface area contributed by atoms with Crippen molar-refractivity contribution in [2.45, 2.75) is 46.1 Å². The van der Waals surface area contributed by atoms with E-state index in [1.807, 2.05) is 13.0 Å². The zero-order valence-corrected chi connectivity index (χ0v) is 11.9. The molecule has 1 aromatic carbocycles. The summed E-state index contributed by atoms with van der Waals surface area (Å²) in [6.45, 7) is 8.43. The molecular weight excluding hydrogens is 240 g/mol. The van der Waals surface area contributed by atoms with Gasteiger partial charge in [-0.3, -0.25) is 0 Å². The number of benzene rings is 1. The summed E-state index contributed by atoms with van der Waals surface area (Å²) in [6.07, 6.45) is 1.96. The molecule has 0 saturated carbocycles. The van der Waals surface area contributed by atoms with Gasteiger partial charge in [-0.2, -0.15) is 0 Å². The zero-order valence-electron chi connectivity index (χ0n) is 11.9. The Hall–Kier alpha value is -1.84. The van der Waals surface area contributed by atoms with Crippen LogP contribution in [0.1, 0.15) is 49.8 Å². The third-order valence-corrected chi connectivity index (χ3v) is 4.15. The number of carbonyl (C=O) groups is 1. The Morgan fingerprint density at radius 1 is 1.37 bits per heavy atom. The average molecular weight is 260 g/mol. The number of imidazole rings is 1. The molecule has 2 rings (SSSR count). The van der Waals surface area contributed by atoms with Crippen LogP contribution in [0.3, 0.4) is 0 Å². The molecular formula is C15H20N2O2. The molecule has 0 unspecified atom stereocenters. The predicted octanol–water partition coefficient (Wildman–Crippen LogP) is 3.58. The van der Waals surface area contributed by atoms with Crippen molar-refractivity contribution in [3.63, 3.8) is 0 Å². The molecule has 1 aromatic heterocycles. The van der Waals surface area contributed by atoms with Gasteiger partial charge in [-0.1, -0.05) is 19.9 Å². The van der Waals surface area contributed by atoms with Crippen LogP contribution in [0.15, 0.2) is 18.2 Å². The van der Waals surface area contributed by atoms with Gasteiger partial charge in [0.15, 0.2) is 0 Å². The Kier molecular flexibility index (Phi) is 3.35. The lowest BCUT2D eigenvalue weighted by Gasteiger charge is -2.31. The largest absolute Gasteiger partial charge is 0.478 e. The molecule has 0 fully saturated rings. The van der Waals surface area contributed by atoms with E-state index in [2.05, 4.69) is 30.3 Å². The molecule has 0 saturated heterocycles. The quantitative estimate of drug-likeness (QED) is 0.914. The van der Waals surface area contributed by atoms with Gasteiger partial charge >= 0.3 is 5.97 Å². The van der Waals surface area contributed by atoms with Crippen molar-refractivity contribution in [3.05, 3.63) is 29.6 Å². The highest BCUT2D eigenvalue weighted by Crippen LogP contribution is 2.31. The number of fused-ring (bicyclic) bond motifs is 1. The van der Waals surface area contributed by atoms with E-state index in [1.165, 1.54) is 0 Å². The lowest BCUT2D eigenvalue weighted by atomic mass is 9.94. The highest BCUT2D eigenvalue weighted by atomic mass is 16.4. The molecule has 0 spiro atoms. The molecule has 0 amide bonds. The molecule has 0 aliphatic heterocycles. The highest BCUT2D eigenvalue weighted by Gasteiger charge is 2.27. The Balaban J connectivity index is 2.80. The van der Waals surface area contributed by atoms with Crippen molar-refractivity contribution in [1.29, 1.82) is 0 Å². The van der Waals surface area contributed by atoms with Crippen LogP contribution in [0.4, 0.5) is 0 Å². The van der Waals surface area contributed by atoms with E-state index in [1.54, 1.807) is 12.1 Å².